The van der Waals surface area contributed by atoms with Crippen molar-refractivity contribution in [3.8, 4) is 11.1 Å². The summed E-state index contributed by atoms with van der Waals surface area (Å²) < 4.78 is 10.9. The molecule has 35 heavy (non-hydrogen) atoms. The van der Waals surface area contributed by atoms with Gasteiger partial charge in [-0.25, -0.2) is 9.59 Å². The molecule has 1 aliphatic heterocycles. The molecular weight excluding hydrogens is 448 g/mol. The van der Waals surface area contributed by atoms with Gasteiger partial charge in [-0.1, -0.05) is 61.4 Å². The fraction of sp³-hybridized carbons (Fsp3) is 0.444. The smallest absolute Gasteiger partial charge is 0.407 e. The van der Waals surface area contributed by atoms with Crippen LogP contribution in [0, 0.1) is 5.41 Å². The molecule has 1 saturated carbocycles. The summed E-state index contributed by atoms with van der Waals surface area (Å²) in [6, 6.07) is 15.7. The van der Waals surface area contributed by atoms with Gasteiger partial charge in [-0.2, -0.15) is 0 Å². The molecule has 5 rings (SSSR count). The molecule has 8 nitrogen and oxygen atoms in total. The summed E-state index contributed by atoms with van der Waals surface area (Å²) in [6.45, 7) is 0.659. The SMILES string of the molecule is O=C(NCC1(C(=O)N[C@@H]2CCO[C@@H]2C(=O)O)CCCC1)OCC1c2ccccc2-c2ccccc21. The average Bonchev–Trinajstić information content (AvgIpc) is 3.60. The van der Waals surface area contributed by atoms with Crippen LogP contribution in [0.4, 0.5) is 4.79 Å². The maximum Gasteiger partial charge on any atom is 0.407 e. The number of carboxylic acid groups (broad SMARTS) is 1. The summed E-state index contributed by atoms with van der Waals surface area (Å²) >= 11 is 0. The predicted molar refractivity (Wildman–Crippen MR) is 128 cm³/mol. The topological polar surface area (TPSA) is 114 Å². The minimum absolute atomic E-state index is 0.0350. The van der Waals surface area contributed by atoms with E-state index in [0.717, 1.165) is 35.1 Å². The first kappa shape index (κ1) is 23.4. The highest BCUT2D eigenvalue weighted by atomic mass is 16.5. The summed E-state index contributed by atoms with van der Waals surface area (Å²) in [4.78, 5) is 37.3. The van der Waals surface area contributed by atoms with Gasteiger partial charge >= 0.3 is 12.1 Å². The van der Waals surface area contributed by atoms with Crippen LogP contribution < -0.4 is 10.6 Å². The Bertz CT molecular complexity index is 1080. The zero-order valence-corrected chi connectivity index (χ0v) is 19.5. The number of fused-ring (bicyclic) bond motifs is 3. The standard InChI is InChI=1S/C27H30N2O6/c30-24(31)23-22(11-14-34-23)29-25(32)27(12-5-6-13-27)16-28-26(33)35-15-21-19-9-3-1-7-17(19)18-8-2-4-10-20(18)21/h1-4,7-10,21-23H,5-6,11-16H2,(H,28,33)(H,29,32)(H,30,31)/t22-,23+/m1/s1. The Morgan fingerprint density at radius 2 is 1.63 bits per heavy atom. The van der Waals surface area contributed by atoms with Crippen LogP contribution in [-0.2, 0) is 19.1 Å². The minimum atomic E-state index is -1.08. The lowest BCUT2D eigenvalue weighted by atomic mass is 9.84. The normalized spacial score (nSPS) is 22.3. The summed E-state index contributed by atoms with van der Waals surface area (Å²) in [5.74, 6) is -1.34. The number of carbonyl (C=O) groups excluding carboxylic acids is 2. The van der Waals surface area contributed by atoms with Crippen molar-refractivity contribution in [3.05, 3.63) is 59.7 Å². The summed E-state index contributed by atoms with van der Waals surface area (Å²) in [7, 11) is 0. The number of ether oxygens (including phenoxy) is 2. The van der Waals surface area contributed by atoms with Gasteiger partial charge in [0.2, 0.25) is 5.91 Å². The largest absolute Gasteiger partial charge is 0.479 e. The molecule has 3 aliphatic rings. The van der Waals surface area contributed by atoms with E-state index in [0.29, 0.717) is 25.9 Å². The third-order valence-electron chi connectivity index (χ3n) is 7.61. The molecule has 0 spiro atoms. The van der Waals surface area contributed by atoms with Crippen molar-refractivity contribution in [2.75, 3.05) is 19.8 Å². The van der Waals surface area contributed by atoms with Gasteiger partial charge in [-0.05, 0) is 41.5 Å². The van der Waals surface area contributed by atoms with E-state index in [1.54, 1.807) is 0 Å². The molecule has 2 aromatic carbocycles. The molecule has 184 valence electrons. The Morgan fingerprint density at radius 1 is 1.00 bits per heavy atom. The number of amides is 2. The molecule has 0 bridgehead atoms. The van der Waals surface area contributed by atoms with Gasteiger partial charge in [0.05, 0.1) is 11.5 Å². The van der Waals surface area contributed by atoms with Crippen LogP contribution in [0.15, 0.2) is 48.5 Å². The summed E-state index contributed by atoms with van der Waals surface area (Å²) in [6.07, 6.45) is 1.89. The van der Waals surface area contributed by atoms with Crippen molar-refractivity contribution >= 4 is 18.0 Å². The van der Waals surface area contributed by atoms with E-state index in [-0.39, 0.29) is 25.0 Å². The summed E-state index contributed by atoms with van der Waals surface area (Å²) in [5.41, 5.74) is 3.83. The average molecular weight is 479 g/mol. The fourth-order valence-corrected chi connectivity index (χ4v) is 5.73. The predicted octanol–water partition coefficient (Wildman–Crippen LogP) is 3.44. The fourth-order valence-electron chi connectivity index (χ4n) is 5.73. The molecule has 1 saturated heterocycles. The number of rotatable bonds is 7. The molecule has 2 fully saturated rings. The highest BCUT2D eigenvalue weighted by Gasteiger charge is 2.44. The molecule has 0 radical (unpaired) electrons. The summed E-state index contributed by atoms with van der Waals surface area (Å²) in [5, 5.41) is 15.0. The highest BCUT2D eigenvalue weighted by Crippen LogP contribution is 2.44. The number of hydrogen-bond acceptors (Lipinski definition) is 5. The van der Waals surface area contributed by atoms with Crippen molar-refractivity contribution < 1.29 is 29.0 Å². The van der Waals surface area contributed by atoms with Crippen molar-refractivity contribution in [2.45, 2.75) is 50.2 Å². The lowest BCUT2D eigenvalue weighted by Crippen LogP contribution is -2.52. The number of nitrogens with one attached hydrogen (secondary N) is 2. The van der Waals surface area contributed by atoms with Crippen LogP contribution in [0.25, 0.3) is 11.1 Å². The van der Waals surface area contributed by atoms with Gasteiger partial charge in [-0.3, -0.25) is 4.79 Å². The van der Waals surface area contributed by atoms with Crippen LogP contribution in [-0.4, -0.2) is 55.0 Å². The van der Waals surface area contributed by atoms with Gasteiger partial charge in [0.15, 0.2) is 6.10 Å². The van der Waals surface area contributed by atoms with Gasteiger partial charge in [-0.15, -0.1) is 0 Å². The maximum absolute atomic E-state index is 13.2. The van der Waals surface area contributed by atoms with Crippen molar-refractivity contribution in [3.63, 3.8) is 0 Å². The number of alkyl carbamates (subject to hydrolysis) is 1. The van der Waals surface area contributed by atoms with E-state index in [2.05, 4.69) is 34.9 Å². The molecule has 0 unspecified atom stereocenters. The highest BCUT2D eigenvalue weighted by molar-refractivity contribution is 5.85. The van der Waals surface area contributed by atoms with Crippen LogP contribution >= 0.6 is 0 Å². The second kappa shape index (κ2) is 9.70. The van der Waals surface area contributed by atoms with E-state index >= 15 is 0 Å². The lowest BCUT2D eigenvalue weighted by molar-refractivity contribution is -0.148. The Balaban J connectivity index is 1.20. The molecule has 8 heteroatoms. The minimum Gasteiger partial charge on any atom is -0.479 e. The Kier molecular flexibility index (Phi) is 6.47. The van der Waals surface area contributed by atoms with Crippen LogP contribution in [0.1, 0.15) is 49.1 Å². The van der Waals surface area contributed by atoms with Crippen molar-refractivity contribution in [2.24, 2.45) is 5.41 Å². The second-order valence-corrected chi connectivity index (χ2v) is 9.66. The third-order valence-corrected chi connectivity index (χ3v) is 7.61. The second-order valence-electron chi connectivity index (χ2n) is 9.66. The Morgan fingerprint density at radius 3 is 2.26 bits per heavy atom. The molecule has 3 N–H and O–H groups in total. The number of carboxylic acids is 1. The molecular formula is C27H30N2O6. The quantitative estimate of drug-likeness (QED) is 0.562. The van der Waals surface area contributed by atoms with Gasteiger partial charge in [0.25, 0.3) is 0 Å². The maximum atomic E-state index is 13.2. The molecule has 2 aromatic rings. The van der Waals surface area contributed by atoms with Crippen molar-refractivity contribution in [1.29, 1.82) is 0 Å². The third kappa shape index (κ3) is 4.50. The number of aliphatic carboxylic acids is 1. The van der Waals surface area contributed by atoms with Crippen LogP contribution in [0.3, 0.4) is 0 Å². The number of carbonyl (C=O) groups is 3. The molecule has 0 aromatic heterocycles. The molecule has 2 aliphatic carbocycles. The zero-order valence-electron chi connectivity index (χ0n) is 19.5. The molecule has 1 heterocycles. The van der Waals surface area contributed by atoms with Crippen molar-refractivity contribution in [1.82, 2.24) is 10.6 Å². The van der Waals surface area contributed by atoms with Crippen LogP contribution in [0.2, 0.25) is 0 Å². The van der Waals surface area contributed by atoms with E-state index in [1.807, 2.05) is 24.3 Å². The first-order valence-corrected chi connectivity index (χ1v) is 12.2. The Labute approximate surface area is 204 Å². The van der Waals surface area contributed by atoms with E-state index in [1.165, 1.54) is 0 Å². The van der Waals surface area contributed by atoms with E-state index in [9.17, 15) is 19.5 Å². The first-order chi connectivity index (χ1) is 17.0. The number of hydrogen-bond donors (Lipinski definition) is 3. The van der Waals surface area contributed by atoms with Gasteiger partial charge in [0.1, 0.15) is 6.61 Å². The first-order valence-electron chi connectivity index (χ1n) is 12.2. The van der Waals surface area contributed by atoms with Gasteiger partial charge < -0.3 is 25.2 Å². The molecule has 2 amide bonds. The Hall–Kier alpha value is -3.39. The number of benzene rings is 2. The van der Waals surface area contributed by atoms with E-state index < -0.39 is 29.6 Å². The monoisotopic (exact) mass is 478 g/mol. The van der Waals surface area contributed by atoms with Gasteiger partial charge in [0, 0.05) is 19.1 Å². The van der Waals surface area contributed by atoms with E-state index in [4.69, 9.17) is 9.47 Å². The molecule has 2 atom stereocenters. The lowest BCUT2D eigenvalue weighted by Gasteiger charge is -2.30. The zero-order chi connectivity index (χ0) is 24.4. The van der Waals surface area contributed by atoms with Crippen LogP contribution in [0.5, 0.6) is 0 Å².